The molecule has 0 bridgehead atoms. The molecule has 0 aliphatic heterocycles. The molecule has 2 aromatic rings. The van der Waals surface area contributed by atoms with Crippen molar-refractivity contribution in [2.24, 2.45) is 0 Å². The van der Waals surface area contributed by atoms with Gasteiger partial charge in [0.2, 0.25) is 5.91 Å². The predicted octanol–water partition coefficient (Wildman–Crippen LogP) is 3.88. The zero-order valence-corrected chi connectivity index (χ0v) is 15.1. The van der Waals surface area contributed by atoms with Crippen LogP contribution in [-0.2, 0) is 11.2 Å². The van der Waals surface area contributed by atoms with Crippen molar-refractivity contribution in [2.75, 3.05) is 18.5 Å². The number of nitro benzene ring substituents is 1. The lowest BCUT2D eigenvalue weighted by Gasteiger charge is -2.13. The average Bonchev–Trinajstić information content (AvgIpc) is 2.59. The highest BCUT2D eigenvalue weighted by molar-refractivity contribution is 5.93. The fraction of sp³-hybridized carbons (Fsp3) is 0.316. The Morgan fingerprint density at radius 1 is 1.12 bits per heavy atom. The molecule has 0 unspecified atom stereocenters. The number of rotatable bonds is 8. The normalized spacial score (nSPS) is 10.3. The maximum Gasteiger partial charge on any atom is 0.274 e. The van der Waals surface area contributed by atoms with E-state index in [1.165, 1.54) is 6.07 Å². The van der Waals surface area contributed by atoms with Crippen LogP contribution in [0.2, 0.25) is 0 Å². The Hall–Kier alpha value is -3.09. The molecule has 0 aromatic heterocycles. The largest absolute Gasteiger partial charge is 0.490 e. The van der Waals surface area contributed by atoms with Crippen LogP contribution in [0.15, 0.2) is 36.4 Å². The van der Waals surface area contributed by atoms with Gasteiger partial charge >= 0.3 is 0 Å². The van der Waals surface area contributed by atoms with Crippen molar-refractivity contribution in [3.8, 4) is 11.5 Å². The first-order valence-corrected chi connectivity index (χ1v) is 8.38. The minimum atomic E-state index is -0.466. The molecule has 2 aromatic carbocycles. The molecule has 1 amide bonds. The van der Waals surface area contributed by atoms with Crippen LogP contribution in [0.1, 0.15) is 25.0 Å². The van der Waals surface area contributed by atoms with E-state index in [2.05, 4.69) is 5.32 Å². The van der Waals surface area contributed by atoms with E-state index in [1.54, 1.807) is 37.3 Å². The van der Waals surface area contributed by atoms with Gasteiger partial charge in [0.05, 0.1) is 35.8 Å². The Bertz CT molecular complexity index is 805. The number of carbonyl (C=O) groups is 1. The van der Waals surface area contributed by atoms with Crippen molar-refractivity contribution in [1.29, 1.82) is 0 Å². The van der Waals surface area contributed by atoms with E-state index in [0.717, 1.165) is 5.56 Å². The van der Waals surface area contributed by atoms with Crippen LogP contribution in [0.3, 0.4) is 0 Å². The lowest BCUT2D eigenvalue weighted by atomic mass is 10.1. The van der Waals surface area contributed by atoms with Crippen LogP contribution in [-0.4, -0.2) is 24.0 Å². The maximum absolute atomic E-state index is 12.3. The highest BCUT2D eigenvalue weighted by Crippen LogP contribution is 2.29. The topological polar surface area (TPSA) is 90.7 Å². The van der Waals surface area contributed by atoms with Gasteiger partial charge in [-0.15, -0.1) is 0 Å². The molecule has 0 heterocycles. The van der Waals surface area contributed by atoms with Gasteiger partial charge in [0.25, 0.3) is 5.69 Å². The molecule has 0 saturated carbocycles. The summed E-state index contributed by atoms with van der Waals surface area (Å²) in [5.74, 6) is 0.958. The summed E-state index contributed by atoms with van der Waals surface area (Å²) >= 11 is 0. The quantitative estimate of drug-likeness (QED) is 0.571. The first-order valence-electron chi connectivity index (χ1n) is 8.38. The molecule has 0 radical (unpaired) electrons. The Kier molecular flexibility index (Phi) is 6.54. The Morgan fingerprint density at radius 3 is 2.46 bits per heavy atom. The zero-order chi connectivity index (χ0) is 19.1. The van der Waals surface area contributed by atoms with Crippen molar-refractivity contribution in [3.63, 3.8) is 0 Å². The molecule has 138 valence electrons. The molecule has 0 aliphatic rings. The number of nitrogens with zero attached hydrogens (tertiary/aromatic N) is 1. The van der Waals surface area contributed by atoms with Crippen LogP contribution in [0.4, 0.5) is 11.4 Å². The third-order valence-corrected chi connectivity index (χ3v) is 3.75. The molecule has 26 heavy (non-hydrogen) atoms. The average molecular weight is 358 g/mol. The number of anilines is 1. The summed E-state index contributed by atoms with van der Waals surface area (Å²) in [5.41, 5.74) is 1.59. The van der Waals surface area contributed by atoms with Crippen molar-refractivity contribution in [3.05, 3.63) is 57.6 Å². The fourth-order valence-electron chi connectivity index (χ4n) is 2.54. The standard InChI is InChI=1S/C19H22N2O5/c1-4-25-17-10-9-14(11-18(17)26-5-2)12-19(22)20-15-7-6-8-16(13(15)3)21(23)24/h6-11H,4-5,12H2,1-3H3,(H,20,22). The summed E-state index contributed by atoms with van der Waals surface area (Å²) < 4.78 is 11.1. The Morgan fingerprint density at radius 2 is 1.81 bits per heavy atom. The fourth-order valence-corrected chi connectivity index (χ4v) is 2.54. The van der Waals surface area contributed by atoms with E-state index in [1.807, 2.05) is 13.8 Å². The van der Waals surface area contributed by atoms with Crippen LogP contribution < -0.4 is 14.8 Å². The highest BCUT2D eigenvalue weighted by Gasteiger charge is 2.15. The van der Waals surface area contributed by atoms with Gasteiger partial charge < -0.3 is 14.8 Å². The van der Waals surface area contributed by atoms with Gasteiger partial charge in [-0.05, 0) is 44.5 Å². The monoisotopic (exact) mass is 358 g/mol. The van der Waals surface area contributed by atoms with Crippen molar-refractivity contribution >= 4 is 17.3 Å². The summed E-state index contributed by atoms with van der Waals surface area (Å²) in [6.45, 7) is 6.38. The maximum atomic E-state index is 12.3. The lowest BCUT2D eigenvalue weighted by molar-refractivity contribution is -0.385. The summed E-state index contributed by atoms with van der Waals surface area (Å²) in [6.07, 6.45) is 0.120. The molecule has 0 spiro atoms. The zero-order valence-electron chi connectivity index (χ0n) is 15.1. The van der Waals surface area contributed by atoms with Gasteiger partial charge in [0.1, 0.15) is 0 Å². The minimum absolute atomic E-state index is 0.0255. The van der Waals surface area contributed by atoms with Gasteiger partial charge in [-0.3, -0.25) is 14.9 Å². The number of ether oxygens (including phenoxy) is 2. The highest BCUT2D eigenvalue weighted by atomic mass is 16.6. The summed E-state index contributed by atoms with van der Waals surface area (Å²) in [7, 11) is 0. The smallest absolute Gasteiger partial charge is 0.274 e. The number of hydrogen-bond donors (Lipinski definition) is 1. The number of carbonyl (C=O) groups excluding carboxylic acids is 1. The first kappa shape index (κ1) is 19.2. The van der Waals surface area contributed by atoms with Crippen LogP contribution in [0, 0.1) is 17.0 Å². The number of nitrogens with one attached hydrogen (secondary N) is 1. The molecular formula is C19H22N2O5. The van der Waals surface area contributed by atoms with Gasteiger partial charge in [0.15, 0.2) is 11.5 Å². The van der Waals surface area contributed by atoms with Crippen LogP contribution in [0.5, 0.6) is 11.5 Å². The summed E-state index contributed by atoms with van der Waals surface area (Å²) in [4.78, 5) is 22.9. The number of hydrogen-bond acceptors (Lipinski definition) is 5. The number of amides is 1. The van der Waals surface area contributed by atoms with Crippen LogP contribution in [0.25, 0.3) is 0 Å². The molecule has 0 atom stereocenters. The van der Waals surface area contributed by atoms with Crippen molar-refractivity contribution in [1.82, 2.24) is 0 Å². The van der Waals surface area contributed by atoms with Crippen molar-refractivity contribution < 1.29 is 19.2 Å². The second-order valence-corrected chi connectivity index (χ2v) is 5.58. The second-order valence-electron chi connectivity index (χ2n) is 5.58. The second kappa shape index (κ2) is 8.84. The summed E-state index contributed by atoms with van der Waals surface area (Å²) in [5, 5.41) is 13.7. The van der Waals surface area contributed by atoms with E-state index in [0.29, 0.717) is 36.0 Å². The van der Waals surface area contributed by atoms with Gasteiger partial charge in [0, 0.05) is 6.07 Å². The van der Waals surface area contributed by atoms with E-state index in [4.69, 9.17) is 9.47 Å². The lowest BCUT2D eigenvalue weighted by Crippen LogP contribution is -2.15. The Labute approximate surface area is 152 Å². The third-order valence-electron chi connectivity index (χ3n) is 3.75. The van der Waals surface area contributed by atoms with Gasteiger partial charge in [-0.25, -0.2) is 0 Å². The molecule has 7 heteroatoms. The molecule has 7 nitrogen and oxygen atoms in total. The summed E-state index contributed by atoms with van der Waals surface area (Å²) in [6, 6.07) is 9.94. The number of nitro groups is 1. The molecular weight excluding hydrogens is 336 g/mol. The molecule has 0 fully saturated rings. The predicted molar refractivity (Wildman–Crippen MR) is 98.9 cm³/mol. The van der Waals surface area contributed by atoms with Crippen LogP contribution >= 0.6 is 0 Å². The molecule has 0 aliphatic carbocycles. The minimum Gasteiger partial charge on any atom is -0.490 e. The SMILES string of the molecule is CCOc1ccc(CC(=O)Nc2cccc([N+](=O)[O-])c2C)cc1OCC. The van der Waals surface area contributed by atoms with E-state index in [-0.39, 0.29) is 18.0 Å². The van der Waals surface area contributed by atoms with E-state index < -0.39 is 4.92 Å². The van der Waals surface area contributed by atoms with E-state index in [9.17, 15) is 14.9 Å². The van der Waals surface area contributed by atoms with Gasteiger partial charge in [-0.1, -0.05) is 12.1 Å². The molecule has 0 saturated heterocycles. The first-order chi connectivity index (χ1) is 12.5. The van der Waals surface area contributed by atoms with E-state index >= 15 is 0 Å². The Balaban J connectivity index is 2.14. The number of benzene rings is 2. The van der Waals surface area contributed by atoms with Crippen molar-refractivity contribution in [2.45, 2.75) is 27.2 Å². The molecule has 2 rings (SSSR count). The third kappa shape index (κ3) is 4.72. The van der Waals surface area contributed by atoms with Gasteiger partial charge in [-0.2, -0.15) is 0 Å². The molecule has 1 N–H and O–H groups in total.